The number of hydrogen-bond donors (Lipinski definition) is 1. The highest BCUT2D eigenvalue weighted by Gasteiger charge is 2.14. The molecule has 0 fully saturated rings. The number of halogens is 1. The van der Waals surface area contributed by atoms with E-state index in [0.717, 1.165) is 11.1 Å². The van der Waals surface area contributed by atoms with E-state index in [9.17, 15) is 4.79 Å². The molecule has 0 aliphatic heterocycles. The van der Waals surface area contributed by atoms with E-state index in [1.54, 1.807) is 30.3 Å². The fourth-order valence-corrected chi connectivity index (χ4v) is 3.14. The minimum absolute atomic E-state index is 0.0990. The molecule has 0 bridgehead atoms. The van der Waals surface area contributed by atoms with E-state index in [-0.39, 0.29) is 18.6 Å². The number of para-hydroxylation sites is 1. The zero-order chi connectivity index (χ0) is 20.6. The van der Waals surface area contributed by atoms with Gasteiger partial charge >= 0.3 is 0 Å². The first kappa shape index (κ1) is 20.7. The van der Waals surface area contributed by atoms with Gasteiger partial charge in [-0.25, -0.2) is 0 Å². The standard InChI is InChI=1S/C24H24ClNO3/c1-3-28-22-14-13-19(24(27)26-17(2)18-9-5-4-6-10-18)15-20(22)16-29-23-12-8-7-11-21(23)25/h4-15,17H,3,16H2,1-2H3,(H,26,27). The van der Waals surface area contributed by atoms with E-state index in [0.29, 0.717) is 28.7 Å². The molecule has 29 heavy (non-hydrogen) atoms. The lowest BCUT2D eigenvalue weighted by atomic mass is 10.1. The van der Waals surface area contributed by atoms with Crippen LogP contribution >= 0.6 is 11.6 Å². The van der Waals surface area contributed by atoms with Crippen molar-refractivity contribution in [1.29, 1.82) is 0 Å². The van der Waals surface area contributed by atoms with E-state index in [1.807, 2.05) is 56.3 Å². The minimum Gasteiger partial charge on any atom is -0.493 e. The highest BCUT2D eigenvalue weighted by atomic mass is 35.5. The van der Waals surface area contributed by atoms with E-state index in [4.69, 9.17) is 21.1 Å². The monoisotopic (exact) mass is 409 g/mol. The molecule has 1 unspecified atom stereocenters. The minimum atomic E-state index is -0.150. The summed E-state index contributed by atoms with van der Waals surface area (Å²) in [5.74, 6) is 1.12. The van der Waals surface area contributed by atoms with Crippen LogP contribution in [0.5, 0.6) is 11.5 Å². The number of benzene rings is 3. The molecule has 0 saturated heterocycles. The van der Waals surface area contributed by atoms with Crippen LogP contribution in [0.15, 0.2) is 72.8 Å². The molecule has 1 N–H and O–H groups in total. The maximum atomic E-state index is 12.8. The molecule has 0 aliphatic rings. The second-order valence-electron chi connectivity index (χ2n) is 6.58. The first-order chi connectivity index (χ1) is 14.1. The highest BCUT2D eigenvalue weighted by Crippen LogP contribution is 2.27. The zero-order valence-corrected chi connectivity index (χ0v) is 17.3. The molecule has 0 aromatic heterocycles. The second kappa shape index (κ2) is 9.99. The van der Waals surface area contributed by atoms with Crippen molar-refractivity contribution >= 4 is 17.5 Å². The largest absolute Gasteiger partial charge is 0.493 e. The van der Waals surface area contributed by atoms with Crippen LogP contribution in [0.25, 0.3) is 0 Å². The fourth-order valence-electron chi connectivity index (χ4n) is 2.95. The molecule has 0 spiro atoms. The molecule has 1 atom stereocenters. The molecule has 4 nitrogen and oxygen atoms in total. The lowest BCUT2D eigenvalue weighted by molar-refractivity contribution is 0.0939. The summed E-state index contributed by atoms with van der Waals surface area (Å²) in [7, 11) is 0. The Balaban J connectivity index is 1.76. The Morgan fingerprint density at radius 3 is 2.41 bits per heavy atom. The number of carbonyl (C=O) groups excluding carboxylic acids is 1. The van der Waals surface area contributed by atoms with E-state index < -0.39 is 0 Å². The molecule has 150 valence electrons. The Labute approximate surface area is 176 Å². The number of hydrogen-bond acceptors (Lipinski definition) is 3. The predicted octanol–water partition coefficient (Wildman–Crippen LogP) is 5.81. The van der Waals surface area contributed by atoms with Crippen LogP contribution in [0, 0.1) is 0 Å². The van der Waals surface area contributed by atoms with Crippen molar-refractivity contribution in [3.05, 3.63) is 94.5 Å². The third-order valence-electron chi connectivity index (χ3n) is 4.49. The molecule has 0 aliphatic carbocycles. The third kappa shape index (κ3) is 5.52. The summed E-state index contributed by atoms with van der Waals surface area (Å²) < 4.78 is 11.5. The van der Waals surface area contributed by atoms with Gasteiger partial charge in [-0.2, -0.15) is 0 Å². The van der Waals surface area contributed by atoms with Crippen LogP contribution in [-0.4, -0.2) is 12.5 Å². The van der Waals surface area contributed by atoms with Crippen molar-refractivity contribution in [3.8, 4) is 11.5 Å². The fraction of sp³-hybridized carbons (Fsp3) is 0.208. The van der Waals surface area contributed by atoms with Crippen molar-refractivity contribution in [2.45, 2.75) is 26.5 Å². The van der Waals surface area contributed by atoms with Crippen molar-refractivity contribution in [2.24, 2.45) is 0 Å². The molecular weight excluding hydrogens is 386 g/mol. The SMILES string of the molecule is CCOc1ccc(C(=O)NC(C)c2ccccc2)cc1COc1ccccc1Cl. The highest BCUT2D eigenvalue weighted by molar-refractivity contribution is 6.32. The maximum absolute atomic E-state index is 12.8. The van der Waals surface area contributed by atoms with Crippen molar-refractivity contribution in [3.63, 3.8) is 0 Å². The van der Waals surface area contributed by atoms with E-state index in [2.05, 4.69) is 5.32 Å². The summed E-state index contributed by atoms with van der Waals surface area (Å²) in [4.78, 5) is 12.8. The Morgan fingerprint density at radius 1 is 0.966 bits per heavy atom. The molecule has 3 rings (SSSR count). The summed E-state index contributed by atoms with van der Waals surface area (Å²) in [5.41, 5.74) is 2.38. The maximum Gasteiger partial charge on any atom is 0.251 e. The lowest BCUT2D eigenvalue weighted by Gasteiger charge is -2.16. The third-order valence-corrected chi connectivity index (χ3v) is 4.80. The van der Waals surface area contributed by atoms with E-state index >= 15 is 0 Å². The normalized spacial score (nSPS) is 11.6. The number of nitrogens with one attached hydrogen (secondary N) is 1. The van der Waals surface area contributed by atoms with Gasteiger partial charge in [0, 0.05) is 11.1 Å². The first-order valence-electron chi connectivity index (χ1n) is 9.57. The number of carbonyl (C=O) groups is 1. The van der Waals surface area contributed by atoms with Crippen LogP contribution in [0.1, 0.15) is 41.4 Å². The molecular formula is C24H24ClNO3. The smallest absolute Gasteiger partial charge is 0.251 e. The summed E-state index contributed by atoms with van der Waals surface area (Å²) in [6, 6.07) is 22.4. The number of rotatable bonds is 8. The average molecular weight is 410 g/mol. The van der Waals surface area contributed by atoms with Gasteiger partial charge in [-0.15, -0.1) is 0 Å². The van der Waals surface area contributed by atoms with Gasteiger partial charge < -0.3 is 14.8 Å². The molecule has 5 heteroatoms. The van der Waals surface area contributed by atoms with Gasteiger partial charge in [-0.05, 0) is 49.7 Å². The van der Waals surface area contributed by atoms with Crippen molar-refractivity contribution in [1.82, 2.24) is 5.32 Å². The second-order valence-corrected chi connectivity index (χ2v) is 6.99. The van der Waals surface area contributed by atoms with Gasteiger partial charge in [0.1, 0.15) is 18.1 Å². The molecule has 0 heterocycles. The summed E-state index contributed by atoms with van der Waals surface area (Å²) in [5, 5.41) is 3.57. The molecule has 1 amide bonds. The lowest BCUT2D eigenvalue weighted by Crippen LogP contribution is -2.26. The Hall–Kier alpha value is -2.98. The van der Waals surface area contributed by atoms with Gasteiger partial charge in [-0.1, -0.05) is 54.1 Å². The zero-order valence-electron chi connectivity index (χ0n) is 16.5. The first-order valence-corrected chi connectivity index (χ1v) is 9.95. The predicted molar refractivity (Wildman–Crippen MR) is 116 cm³/mol. The molecule has 0 radical (unpaired) electrons. The van der Waals surface area contributed by atoms with Crippen LogP contribution in [0.3, 0.4) is 0 Å². The number of ether oxygens (including phenoxy) is 2. The van der Waals surface area contributed by atoms with Gasteiger partial charge in [0.05, 0.1) is 17.7 Å². The summed E-state index contributed by atoms with van der Waals surface area (Å²) in [6.45, 7) is 4.65. The van der Waals surface area contributed by atoms with Crippen LogP contribution in [0.2, 0.25) is 5.02 Å². The Morgan fingerprint density at radius 2 is 1.69 bits per heavy atom. The van der Waals surface area contributed by atoms with Gasteiger partial charge in [0.2, 0.25) is 0 Å². The van der Waals surface area contributed by atoms with Crippen LogP contribution in [-0.2, 0) is 6.61 Å². The molecule has 3 aromatic carbocycles. The van der Waals surface area contributed by atoms with Crippen LogP contribution < -0.4 is 14.8 Å². The molecule has 3 aromatic rings. The van der Waals surface area contributed by atoms with E-state index in [1.165, 1.54) is 0 Å². The summed E-state index contributed by atoms with van der Waals surface area (Å²) >= 11 is 6.17. The average Bonchev–Trinajstić information content (AvgIpc) is 2.74. The van der Waals surface area contributed by atoms with Crippen molar-refractivity contribution < 1.29 is 14.3 Å². The van der Waals surface area contributed by atoms with Gasteiger partial charge in [-0.3, -0.25) is 4.79 Å². The van der Waals surface area contributed by atoms with Crippen LogP contribution in [0.4, 0.5) is 0 Å². The Kier molecular flexibility index (Phi) is 7.14. The quantitative estimate of drug-likeness (QED) is 0.510. The number of amides is 1. The Bertz CT molecular complexity index is 959. The summed E-state index contributed by atoms with van der Waals surface area (Å²) in [6.07, 6.45) is 0. The molecule has 0 saturated carbocycles. The van der Waals surface area contributed by atoms with Gasteiger partial charge in [0.15, 0.2) is 0 Å². The van der Waals surface area contributed by atoms with Gasteiger partial charge in [0.25, 0.3) is 5.91 Å². The topological polar surface area (TPSA) is 47.6 Å². The van der Waals surface area contributed by atoms with Crippen molar-refractivity contribution in [2.75, 3.05) is 6.61 Å².